The van der Waals surface area contributed by atoms with Crippen LogP contribution in [-0.2, 0) is 4.74 Å². The fourth-order valence-corrected chi connectivity index (χ4v) is 3.04. The number of hydrogen-bond acceptors (Lipinski definition) is 4. The van der Waals surface area contributed by atoms with Crippen LogP contribution in [0.5, 0.6) is 0 Å². The molecule has 1 aliphatic carbocycles. The topological polar surface area (TPSA) is 95.7 Å². The molecule has 2 aromatic heterocycles. The molecule has 1 fully saturated rings. The van der Waals surface area contributed by atoms with Crippen LogP contribution in [0, 0.1) is 6.92 Å². The molecule has 124 valence electrons. The van der Waals surface area contributed by atoms with Crippen molar-refractivity contribution < 1.29 is 9.53 Å². The monoisotopic (exact) mass is 325 g/mol. The number of ether oxygens (including phenoxy) is 1. The Morgan fingerprint density at radius 1 is 1.38 bits per heavy atom. The highest BCUT2D eigenvalue weighted by molar-refractivity contribution is 6.01. The summed E-state index contributed by atoms with van der Waals surface area (Å²) in [6.45, 7) is 4.12. The number of H-pyrrole nitrogens is 2. The molecule has 0 aliphatic heterocycles. The summed E-state index contributed by atoms with van der Waals surface area (Å²) >= 11 is 0. The Bertz CT molecular complexity index is 907. The van der Waals surface area contributed by atoms with Crippen LogP contribution in [0.15, 0.2) is 18.3 Å². The number of aryl methyl sites for hydroxylation is 1. The zero-order valence-corrected chi connectivity index (χ0v) is 13.6. The van der Waals surface area contributed by atoms with Gasteiger partial charge in [0.05, 0.1) is 29.7 Å². The van der Waals surface area contributed by atoms with Crippen LogP contribution in [0.1, 0.15) is 37.1 Å². The van der Waals surface area contributed by atoms with E-state index in [4.69, 9.17) is 4.74 Å². The molecule has 2 heterocycles. The number of benzene rings is 1. The number of anilines is 1. The molecule has 1 aromatic carbocycles. The maximum atomic E-state index is 11.8. The summed E-state index contributed by atoms with van der Waals surface area (Å²) in [5.74, 6) is 0.531. The molecule has 1 aliphatic rings. The van der Waals surface area contributed by atoms with Gasteiger partial charge in [-0.05, 0) is 44.4 Å². The van der Waals surface area contributed by atoms with Crippen LogP contribution in [-0.4, -0.2) is 33.1 Å². The maximum Gasteiger partial charge on any atom is 0.411 e. The molecule has 3 N–H and O–H groups in total. The van der Waals surface area contributed by atoms with Gasteiger partial charge < -0.3 is 4.74 Å². The Kier molecular flexibility index (Phi) is 3.48. The largest absolute Gasteiger partial charge is 0.450 e. The molecule has 7 nitrogen and oxygen atoms in total. The third-order valence-electron chi connectivity index (χ3n) is 4.30. The predicted molar refractivity (Wildman–Crippen MR) is 91.0 cm³/mol. The number of carbonyl (C=O) groups is 1. The van der Waals surface area contributed by atoms with Crippen molar-refractivity contribution in [3.05, 3.63) is 29.7 Å². The van der Waals surface area contributed by atoms with E-state index < -0.39 is 6.09 Å². The van der Waals surface area contributed by atoms with Gasteiger partial charge in [-0.25, -0.2) is 4.79 Å². The number of nitrogens with zero attached hydrogens (tertiary/aromatic N) is 2. The Morgan fingerprint density at radius 3 is 2.96 bits per heavy atom. The second kappa shape index (κ2) is 5.67. The lowest BCUT2D eigenvalue weighted by Gasteiger charge is -2.10. The molecule has 4 rings (SSSR count). The first kappa shape index (κ1) is 14.7. The van der Waals surface area contributed by atoms with E-state index in [1.54, 1.807) is 13.1 Å². The quantitative estimate of drug-likeness (QED) is 0.681. The van der Waals surface area contributed by atoms with Crippen molar-refractivity contribution in [1.29, 1.82) is 0 Å². The molecule has 0 unspecified atom stereocenters. The number of fused-ring (bicyclic) bond motifs is 1. The Labute approximate surface area is 138 Å². The summed E-state index contributed by atoms with van der Waals surface area (Å²) in [6.07, 6.45) is 3.59. The SMILES string of the molecule is CCOC(=O)Nc1cc(-c2c(C3CC3)n[nH]c2C)cc2[nH]ncc12. The van der Waals surface area contributed by atoms with Crippen LogP contribution in [0.4, 0.5) is 10.5 Å². The number of amides is 1. The molecular weight excluding hydrogens is 306 g/mol. The number of nitrogens with one attached hydrogen (secondary N) is 3. The molecule has 24 heavy (non-hydrogen) atoms. The van der Waals surface area contributed by atoms with Gasteiger partial charge in [0.2, 0.25) is 0 Å². The van der Waals surface area contributed by atoms with E-state index in [0.29, 0.717) is 18.2 Å². The van der Waals surface area contributed by atoms with Gasteiger partial charge in [-0.15, -0.1) is 0 Å². The first-order chi connectivity index (χ1) is 11.7. The van der Waals surface area contributed by atoms with Crippen molar-refractivity contribution in [3.63, 3.8) is 0 Å². The van der Waals surface area contributed by atoms with Crippen molar-refractivity contribution in [2.75, 3.05) is 11.9 Å². The van der Waals surface area contributed by atoms with Gasteiger partial charge in [-0.1, -0.05) is 0 Å². The lowest BCUT2D eigenvalue weighted by molar-refractivity contribution is 0.168. The minimum Gasteiger partial charge on any atom is -0.450 e. The van der Waals surface area contributed by atoms with Gasteiger partial charge in [0.25, 0.3) is 0 Å². The van der Waals surface area contributed by atoms with E-state index in [-0.39, 0.29) is 0 Å². The molecular formula is C17H19N5O2. The van der Waals surface area contributed by atoms with Gasteiger partial charge >= 0.3 is 6.09 Å². The van der Waals surface area contributed by atoms with Gasteiger partial charge in [0.1, 0.15) is 0 Å². The zero-order chi connectivity index (χ0) is 16.7. The van der Waals surface area contributed by atoms with Crippen molar-refractivity contribution in [1.82, 2.24) is 20.4 Å². The highest BCUT2D eigenvalue weighted by atomic mass is 16.5. The van der Waals surface area contributed by atoms with Crippen molar-refractivity contribution in [2.24, 2.45) is 0 Å². The fraction of sp³-hybridized carbons (Fsp3) is 0.353. The predicted octanol–water partition coefficient (Wildman–Crippen LogP) is 3.71. The third-order valence-corrected chi connectivity index (χ3v) is 4.30. The van der Waals surface area contributed by atoms with Crippen molar-refractivity contribution in [2.45, 2.75) is 32.6 Å². The Hall–Kier alpha value is -2.83. The van der Waals surface area contributed by atoms with Crippen LogP contribution in [0.3, 0.4) is 0 Å². The van der Waals surface area contributed by atoms with Crippen molar-refractivity contribution >= 4 is 22.7 Å². The number of hydrogen-bond donors (Lipinski definition) is 3. The van der Waals surface area contributed by atoms with Gasteiger partial charge in [0, 0.05) is 22.6 Å². The second-order valence-electron chi connectivity index (χ2n) is 6.08. The van der Waals surface area contributed by atoms with Gasteiger partial charge in [0.15, 0.2) is 0 Å². The molecule has 1 saturated carbocycles. The third kappa shape index (κ3) is 2.51. The molecule has 0 bridgehead atoms. The lowest BCUT2D eigenvalue weighted by Crippen LogP contribution is -2.13. The van der Waals surface area contributed by atoms with Crippen LogP contribution in [0.25, 0.3) is 22.0 Å². The van der Waals surface area contributed by atoms with Gasteiger partial charge in [-0.3, -0.25) is 15.5 Å². The fourth-order valence-electron chi connectivity index (χ4n) is 3.04. The molecule has 7 heteroatoms. The summed E-state index contributed by atoms with van der Waals surface area (Å²) in [6, 6.07) is 4.00. The Balaban J connectivity index is 1.82. The van der Waals surface area contributed by atoms with E-state index in [2.05, 4.69) is 25.7 Å². The first-order valence-electron chi connectivity index (χ1n) is 8.13. The first-order valence-corrected chi connectivity index (χ1v) is 8.13. The van der Waals surface area contributed by atoms with E-state index in [1.807, 2.05) is 19.1 Å². The summed E-state index contributed by atoms with van der Waals surface area (Å²) < 4.78 is 5.00. The highest BCUT2D eigenvalue weighted by Gasteiger charge is 2.30. The smallest absolute Gasteiger partial charge is 0.411 e. The molecule has 0 spiro atoms. The van der Waals surface area contributed by atoms with Crippen molar-refractivity contribution in [3.8, 4) is 11.1 Å². The summed E-state index contributed by atoms with van der Waals surface area (Å²) in [5.41, 5.74) is 5.79. The summed E-state index contributed by atoms with van der Waals surface area (Å²) in [7, 11) is 0. The van der Waals surface area contributed by atoms with Crippen LogP contribution in [0.2, 0.25) is 0 Å². The number of rotatable bonds is 4. The van der Waals surface area contributed by atoms with E-state index in [9.17, 15) is 4.79 Å². The second-order valence-corrected chi connectivity index (χ2v) is 6.08. The Morgan fingerprint density at radius 2 is 2.21 bits per heavy atom. The van der Waals surface area contributed by atoms with Crippen LogP contribution >= 0.6 is 0 Å². The molecule has 1 amide bonds. The summed E-state index contributed by atoms with van der Waals surface area (Å²) in [4.78, 5) is 11.8. The highest BCUT2D eigenvalue weighted by Crippen LogP contribution is 2.45. The molecule has 3 aromatic rings. The van der Waals surface area contributed by atoms with Crippen LogP contribution < -0.4 is 5.32 Å². The normalized spacial score (nSPS) is 14.1. The van der Waals surface area contributed by atoms with E-state index in [1.165, 1.54) is 12.8 Å². The number of aromatic nitrogens is 4. The molecule has 0 radical (unpaired) electrons. The van der Waals surface area contributed by atoms with Gasteiger partial charge in [-0.2, -0.15) is 10.2 Å². The lowest BCUT2D eigenvalue weighted by atomic mass is 9.99. The number of carbonyl (C=O) groups excluding carboxylic acids is 1. The minimum absolute atomic E-state index is 0.326. The average molecular weight is 325 g/mol. The zero-order valence-electron chi connectivity index (χ0n) is 13.6. The maximum absolute atomic E-state index is 11.8. The minimum atomic E-state index is -0.469. The summed E-state index contributed by atoms with van der Waals surface area (Å²) in [5, 5.41) is 18.3. The number of aromatic amines is 2. The van der Waals surface area contributed by atoms with E-state index in [0.717, 1.165) is 33.4 Å². The molecule has 0 atom stereocenters. The molecule has 0 saturated heterocycles. The average Bonchev–Trinajstić information content (AvgIpc) is 3.15. The van der Waals surface area contributed by atoms with E-state index >= 15 is 0 Å². The standard InChI is InChI=1S/C17H19N5O2/c1-3-24-17(23)19-13-6-11(7-14-12(13)8-18-21-14)15-9(2)20-22-16(15)10-4-5-10/h6-8,10H,3-5H2,1-2H3,(H,18,21)(H,19,23)(H,20,22).